The van der Waals surface area contributed by atoms with Crippen molar-refractivity contribution in [3.8, 4) is 11.1 Å². The summed E-state index contributed by atoms with van der Waals surface area (Å²) in [6, 6.07) is 64.5. The highest BCUT2D eigenvalue weighted by Gasteiger charge is 2.51. The summed E-state index contributed by atoms with van der Waals surface area (Å²) in [7, 11) is 0. The first-order chi connectivity index (χ1) is 24.8. The zero-order valence-electron chi connectivity index (χ0n) is 27.6. The van der Waals surface area contributed by atoms with Crippen LogP contribution >= 0.6 is 0 Å². The molecule has 50 heavy (non-hydrogen) atoms. The second kappa shape index (κ2) is 11.4. The number of rotatable bonds is 4. The first-order valence-corrected chi connectivity index (χ1v) is 17.4. The van der Waals surface area contributed by atoms with Crippen LogP contribution in [0.1, 0.15) is 28.7 Å². The number of nitrogens with zero attached hydrogens (tertiary/aromatic N) is 2. The number of para-hydroxylation sites is 3. The van der Waals surface area contributed by atoms with Crippen molar-refractivity contribution >= 4 is 40.2 Å². The van der Waals surface area contributed by atoms with Gasteiger partial charge in [0.25, 0.3) is 0 Å². The lowest BCUT2D eigenvalue weighted by Gasteiger charge is -2.45. The van der Waals surface area contributed by atoms with Gasteiger partial charge in [0.05, 0.1) is 22.5 Å². The highest BCUT2D eigenvalue weighted by Crippen LogP contribution is 2.63. The van der Waals surface area contributed by atoms with E-state index in [4.69, 9.17) is 0 Å². The van der Waals surface area contributed by atoms with E-state index in [2.05, 4.69) is 204 Å². The predicted molar refractivity (Wildman–Crippen MR) is 208 cm³/mol. The molecule has 2 heteroatoms. The number of hydrogen-bond acceptors (Lipinski definition) is 2. The van der Waals surface area contributed by atoms with Crippen LogP contribution in [0.2, 0.25) is 0 Å². The Labute approximate surface area is 292 Å². The zero-order chi connectivity index (χ0) is 33.1. The molecule has 0 unspecified atom stereocenters. The van der Waals surface area contributed by atoms with Crippen LogP contribution in [-0.2, 0) is 5.41 Å². The van der Waals surface area contributed by atoms with Gasteiger partial charge in [0.1, 0.15) is 0 Å². The molecule has 0 fully saturated rings. The minimum absolute atomic E-state index is 0.409. The van der Waals surface area contributed by atoms with E-state index in [0.29, 0.717) is 0 Å². The second-order valence-electron chi connectivity index (χ2n) is 13.2. The fourth-order valence-electron chi connectivity index (χ4n) is 8.66. The van der Waals surface area contributed by atoms with Gasteiger partial charge in [-0.1, -0.05) is 140 Å². The molecule has 0 aromatic heterocycles. The van der Waals surface area contributed by atoms with Crippen LogP contribution in [0.5, 0.6) is 0 Å². The molecule has 10 rings (SSSR count). The second-order valence-corrected chi connectivity index (χ2v) is 13.2. The summed E-state index contributed by atoms with van der Waals surface area (Å²) in [5, 5.41) is 2.49. The summed E-state index contributed by atoms with van der Waals surface area (Å²) in [6.07, 6.45) is 7.75. The Kier molecular flexibility index (Phi) is 6.50. The van der Waals surface area contributed by atoms with Crippen molar-refractivity contribution < 1.29 is 0 Å². The standard InChI is InChI=1S/C48H34N2/c1-2-18-35(19-3-1)49(45-27-13-5-17-34-16-4-6-20-38(34)45)36-30-32-37(33-31-36)50-46-28-14-11-25-43(46)48(44-26-12-15-29-47(44)50)41-23-9-7-21-39(41)40-22-8-10-24-42(40)48/h1-4,6-33H,5H2. The fourth-order valence-corrected chi connectivity index (χ4v) is 8.66. The van der Waals surface area contributed by atoms with Crippen molar-refractivity contribution in [3.63, 3.8) is 0 Å². The van der Waals surface area contributed by atoms with E-state index in [0.717, 1.165) is 23.5 Å². The van der Waals surface area contributed by atoms with Gasteiger partial charge < -0.3 is 9.80 Å². The molecule has 1 aliphatic heterocycles. The normalized spacial score (nSPS) is 14.5. The molecule has 7 aromatic rings. The number of allylic oxidation sites excluding steroid dienone is 1. The van der Waals surface area contributed by atoms with Crippen molar-refractivity contribution in [1.29, 1.82) is 0 Å². The molecule has 7 aromatic carbocycles. The Morgan fingerprint density at radius 3 is 1.64 bits per heavy atom. The Morgan fingerprint density at radius 2 is 0.980 bits per heavy atom. The van der Waals surface area contributed by atoms with E-state index in [1.165, 1.54) is 60.9 Å². The van der Waals surface area contributed by atoms with Crippen LogP contribution in [0.15, 0.2) is 188 Å². The maximum atomic E-state index is 2.46. The molecule has 0 saturated carbocycles. The average molecular weight is 639 g/mol. The van der Waals surface area contributed by atoms with Crippen molar-refractivity contribution in [2.24, 2.45) is 0 Å². The van der Waals surface area contributed by atoms with Gasteiger partial charge in [-0.2, -0.15) is 0 Å². The van der Waals surface area contributed by atoms with Crippen molar-refractivity contribution in [2.45, 2.75) is 11.8 Å². The summed E-state index contributed by atoms with van der Waals surface area (Å²) in [5.41, 5.74) is 14.5. The summed E-state index contributed by atoms with van der Waals surface area (Å²) in [5.74, 6) is 0. The van der Waals surface area contributed by atoms with E-state index in [-0.39, 0.29) is 0 Å². The minimum atomic E-state index is -0.409. The maximum Gasteiger partial charge on any atom is 0.0754 e. The minimum Gasteiger partial charge on any atom is -0.310 e. The quantitative estimate of drug-likeness (QED) is 0.189. The molecule has 0 saturated heterocycles. The summed E-state index contributed by atoms with van der Waals surface area (Å²) >= 11 is 0. The number of hydrogen-bond donors (Lipinski definition) is 0. The molecule has 0 bridgehead atoms. The van der Waals surface area contributed by atoms with Gasteiger partial charge in [0.15, 0.2) is 0 Å². The Balaban J connectivity index is 1.17. The van der Waals surface area contributed by atoms with Gasteiger partial charge in [0.2, 0.25) is 0 Å². The fraction of sp³-hybridized carbons (Fsp3) is 0.0417. The van der Waals surface area contributed by atoms with Gasteiger partial charge >= 0.3 is 0 Å². The first-order valence-electron chi connectivity index (χ1n) is 17.4. The molecule has 2 nitrogen and oxygen atoms in total. The lowest BCUT2D eigenvalue weighted by atomic mass is 9.64. The molecular formula is C48H34N2. The SMILES string of the molecule is C1=CC(N(c2ccccc2)c2ccc(N3c4ccccc4C4(c5ccccc5-c5ccccc54)c4ccccc43)cc2)=c2ccccc2=CC1. The summed E-state index contributed by atoms with van der Waals surface area (Å²) in [6.45, 7) is 0. The van der Waals surface area contributed by atoms with E-state index >= 15 is 0 Å². The molecule has 0 atom stereocenters. The smallest absolute Gasteiger partial charge is 0.0754 e. The first kappa shape index (κ1) is 28.6. The van der Waals surface area contributed by atoms with Crippen molar-refractivity contribution in [3.05, 3.63) is 221 Å². The predicted octanol–water partition coefficient (Wildman–Crippen LogP) is 10.5. The third-order valence-electron chi connectivity index (χ3n) is 10.7. The molecule has 1 heterocycles. The summed E-state index contributed by atoms with van der Waals surface area (Å²) in [4.78, 5) is 4.84. The number of anilines is 5. The van der Waals surface area contributed by atoms with Gasteiger partial charge in [-0.25, -0.2) is 0 Å². The van der Waals surface area contributed by atoms with Crippen LogP contribution in [-0.4, -0.2) is 0 Å². The maximum absolute atomic E-state index is 2.46. The van der Waals surface area contributed by atoms with Crippen LogP contribution in [0.25, 0.3) is 22.9 Å². The largest absolute Gasteiger partial charge is 0.310 e. The molecule has 1 spiro atoms. The lowest BCUT2D eigenvalue weighted by molar-refractivity contribution is 0.752. The van der Waals surface area contributed by atoms with Gasteiger partial charge in [0, 0.05) is 22.3 Å². The zero-order valence-corrected chi connectivity index (χ0v) is 27.6. The molecule has 0 radical (unpaired) electrons. The van der Waals surface area contributed by atoms with Gasteiger partial charge in [-0.3, -0.25) is 0 Å². The van der Waals surface area contributed by atoms with E-state index in [1.807, 2.05) is 0 Å². The van der Waals surface area contributed by atoms with Gasteiger partial charge in [-0.05, 0) is 99.6 Å². The lowest BCUT2D eigenvalue weighted by Crippen LogP contribution is -2.36. The number of fused-ring (bicyclic) bond motifs is 10. The molecule has 236 valence electrons. The van der Waals surface area contributed by atoms with Crippen LogP contribution in [0.3, 0.4) is 0 Å². The van der Waals surface area contributed by atoms with E-state index < -0.39 is 5.41 Å². The third kappa shape index (κ3) is 4.09. The van der Waals surface area contributed by atoms with Crippen molar-refractivity contribution in [1.82, 2.24) is 0 Å². The Bertz CT molecular complexity index is 2480. The molecule has 2 aliphatic carbocycles. The highest BCUT2D eigenvalue weighted by molar-refractivity contribution is 5.96. The van der Waals surface area contributed by atoms with E-state index in [1.54, 1.807) is 0 Å². The molecule has 0 N–H and O–H groups in total. The average Bonchev–Trinajstić information content (AvgIpc) is 3.31. The van der Waals surface area contributed by atoms with Crippen molar-refractivity contribution in [2.75, 3.05) is 9.80 Å². The molecule has 0 amide bonds. The Morgan fingerprint density at radius 1 is 0.460 bits per heavy atom. The summed E-state index contributed by atoms with van der Waals surface area (Å²) < 4.78 is 0. The Hall–Kier alpha value is -6.38. The van der Waals surface area contributed by atoms with Crippen LogP contribution in [0.4, 0.5) is 28.4 Å². The van der Waals surface area contributed by atoms with E-state index in [9.17, 15) is 0 Å². The number of benzene rings is 7. The molecular weight excluding hydrogens is 605 g/mol. The monoisotopic (exact) mass is 638 g/mol. The van der Waals surface area contributed by atoms with Crippen LogP contribution in [0, 0.1) is 0 Å². The third-order valence-corrected chi connectivity index (χ3v) is 10.7. The van der Waals surface area contributed by atoms with Crippen LogP contribution < -0.4 is 20.2 Å². The topological polar surface area (TPSA) is 6.48 Å². The highest BCUT2D eigenvalue weighted by atomic mass is 15.2. The molecule has 3 aliphatic rings. The van der Waals surface area contributed by atoms with Gasteiger partial charge in [-0.15, -0.1) is 0 Å².